The third-order valence-corrected chi connectivity index (χ3v) is 6.89. The maximum atomic E-state index is 12.8. The van der Waals surface area contributed by atoms with Crippen LogP contribution in [0.25, 0.3) is 0 Å². The summed E-state index contributed by atoms with van der Waals surface area (Å²) in [6.45, 7) is 1.99. The summed E-state index contributed by atoms with van der Waals surface area (Å²) < 4.78 is 0. The molecule has 1 aromatic carbocycles. The molecule has 1 saturated carbocycles. The van der Waals surface area contributed by atoms with E-state index in [1.807, 2.05) is 23.1 Å². The Morgan fingerprint density at radius 1 is 1.24 bits per heavy atom. The lowest BCUT2D eigenvalue weighted by Gasteiger charge is -2.27. The van der Waals surface area contributed by atoms with Gasteiger partial charge in [0, 0.05) is 32.1 Å². The second-order valence-electron chi connectivity index (χ2n) is 8.86. The summed E-state index contributed by atoms with van der Waals surface area (Å²) in [5, 5.41) is 17.9. The SMILES string of the molecule is CN=C(NCC1(O)CCc2ccccc21)NC1CCN(C(=O)C2CCCCC2)C1. The molecular weight excluding hydrogens is 364 g/mol. The van der Waals surface area contributed by atoms with Gasteiger partial charge in [0.15, 0.2) is 5.96 Å². The van der Waals surface area contributed by atoms with Crippen LogP contribution in [0.1, 0.15) is 56.1 Å². The van der Waals surface area contributed by atoms with Crippen LogP contribution in [0, 0.1) is 5.92 Å². The van der Waals surface area contributed by atoms with E-state index in [-0.39, 0.29) is 12.0 Å². The van der Waals surface area contributed by atoms with Gasteiger partial charge >= 0.3 is 0 Å². The summed E-state index contributed by atoms with van der Waals surface area (Å²) in [6, 6.07) is 8.33. The molecule has 3 N–H and O–H groups in total. The van der Waals surface area contributed by atoms with Gasteiger partial charge in [-0.3, -0.25) is 9.79 Å². The Kier molecular flexibility index (Phi) is 6.09. The Hall–Kier alpha value is -2.08. The summed E-state index contributed by atoms with van der Waals surface area (Å²) in [5.41, 5.74) is 1.40. The van der Waals surface area contributed by atoms with Crippen LogP contribution in [0.2, 0.25) is 0 Å². The third-order valence-electron chi connectivity index (χ3n) is 6.89. The standard InChI is InChI=1S/C23H34N4O2/c1-24-22(25-16-23(29)13-11-17-7-5-6-10-20(17)23)26-19-12-14-27(15-19)21(28)18-8-3-2-4-9-18/h5-7,10,18-19,29H,2-4,8-9,11-16H2,1H3,(H2,24,25,26). The lowest BCUT2D eigenvalue weighted by Crippen LogP contribution is -2.49. The number of aliphatic hydroxyl groups is 1. The van der Waals surface area contributed by atoms with Gasteiger partial charge in [0.25, 0.3) is 0 Å². The van der Waals surface area contributed by atoms with Crippen LogP contribution in [0.15, 0.2) is 29.3 Å². The molecule has 6 nitrogen and oxygen atoms in total. The number of amides is 1. The number of carbonyl (C=O) groups is 1. The minimum absolute atomic E-state index is 0.208. The highest BCUT2D eigenvalue weighted by Crippen LogP contribution is 2.36. The minimum Gasteiger partial charge on any atom is -0.383 e. The van der Waals surface area contributed by atoms with Crippen LogP contribution in [0.4, 0.5) is 0 Å². The first-order valence-electron chi connectivity index (χ1n) is 11.2. The summed E-state index contributed by atoms with van der Waals surface area (Å²) in [5.74, 6) is 1.27. The molecule has 2 atom stereocenters. The Labute approximate surface area is 173 Å². The zero-order chi connectivity index (χ0) is 20.3. The van der Waals surface area contributed by atoms with Gasteiger partial charge in [-0.1, -0.05) is 43.5 Å². The number of benzene rings is 1. The van der Waals surface area contributed by atoms with Crippen molar-refractivity contribution in [3.05, 3.63) is 35.4 Å². The second-order valence-corrected chi connectivity index (χ2v) is 8.86. The molecule has 2 unspecified atom stereocenters. The molecule has 158 valence electrons. The quantitative estimate of drug-likeness (QED) is 0.537. The third kappa shape index (κ3) is 4.42. The number of carbonyl (C=O) groups excluding carboxylic acids is 1. The molecule has 29 heavy (non-hydrogen) atoms. The summed E-state index contributed by atoms with van der Waals surface area (Å²) in [4.78, 5) is 19.1. The van der Waals surface area contributed by atoms with E-state index >= 15 is 0 Å². The topological polar surface area (TPSA) is 77.0 Å². The monoisotopic (exact) mass is 398 g/mol. The number of fused-ring (bicyclic) bond motifs is 1. The van der Waals surface area contributed by atoms with Crippen molar-refractivity contribution < 1.29 is 9.90 Å². The summed E-state index contributed by atoms with van der Waals surface area (Å²) in [6.07, 6.45) is 8.32. The molecular formula is C23H34N4O2. The van der Waals surface area contributed by atoms with Crippen LogP contribution in [0.3, 0.4) is 0 Å². The van der Waals surface area contributed by atoms with Gasteiger partial charge in [-0.05, 0) is 43.2 Å². The Morgan fingerprint density at radius 2 is 2.03 bits per heavy atom. The lowest BCUT2D eigenvalue weighted by atomic mass is 9.88. The Bertz CT molecular complexity index is 759. The predicted octanol–water partition coefficient (Wildman–Crippen LogP) is 2.17. The average molecular weight is 399 g/mol. The van der Waals surface area contributed by atoms with Crippen molar-refractivity contribution in [2.75, 3.05) is 26.7 Å². The smallest absolute Gasteiger partial charge is 0.225 e. The fourth-order valence-corrected chi connectivity index (χ4v) is 5.16. The number of nitrogens with zero attached hydrogens (tertiary/aromatic N) is 2. The molecule has 2 aliphatic carbocycles. The molecule has 4 rings (SSSR count). The number of guanidine groups is 1. The normalized spacial score (nSPS) is 27.7. The van der Waals surface area contributed by atoms with Crippen molar-refractivity contribution in [3.8, 4) is 0 Å². The molecule has 1 aliphatic heterocycles. The van der Waals surface area contributed by atoms with Crippen LogP contribution >= 0.6 is 0 Å². The first-order chi connectivity index (χ1) is 14.1. The van der Waals surface area contributed by atoms with E-state index in [4.69, 9.17) is 0 Å². The number of nitrogens with one attached hydrogen (secondary N) is 2. The highest BCUT2D eigenvalue weighted by atomic mass is 16.3. The number of rotatable bonds is 4. The molecule has 1 heterocycles. The lowest BCUT2D eigenvalue weighted by molar-refractivity contribution is -0.135. The first kappa shape index (κ1) is 20.2. The van der Waals surface area contributed by atoms with Gasteiger partial charge in [-0.15, -0.1) is 0 Å². The van der Waals surface area contributed by atoms with E-state index in [1.54, 1.807) is 7.05 Å². The van der Waals surface area contributed by atoms with Crippen molar-refractivity contribution in [3.63, 3.8) is 0 Å². The van der Waals surface area contributed by atoms with Crippen molar-refractivity contribution in [1.82, 2.24) is 15.5 Å². The molecule has 0 bridgehead atoms. The maximum Gasteiger partial charge on any atom is 0.225 e. The largest absolute Gasteiger partial charge is 0.383 e. The first-order valence-corrected chi connectivity index (χ1v) is 11.2. The second kappa shape index (κ2) is 8.74. The van der Waals surface area contributed by atoms with Crippen LogP contribution < -0.4 is 10.6 Å². The van der Waals surface area contributed by atoms with E-state index < -0.39 is 5.60 Å². The zero-order valence-electron chi connectivity index (χ0n) is 17.5. The molecule has 0 spiro atoms. The fourth-order valence-electron chi connectivity index (χ4n) is 5.16. The van der Waals surface area contributed by atoms with Crippen molar-refractivity contribution in [1.29, 1.82) is 0 Å². The van der Waals surface area contributed by atoms with Crippen molar-refractivity contribution in [2.45, 2.75) is 63.0 Å². The molecule has 6 heteroatoms. The molecule has 1 amide bonds. The van der Waals surface area contributed by atoms with E-state index in [1.165, 1.54) is 24.8 Å². The average Bonchev–Trinajstić information content (AvgIpc) is 3.37. The van der Waals surface area contributed by atoms with E-state index in [0.717, 1.165) is 50.8 Å². The Balaban J connectivity index is 1.28. The molecule has 1 aromatic rings. The van der Waals surface area contributed by atoms with Gasteiger partial charge in [0.05, 0.1) is 6.54 Å². The van der Waals surface area contributed by atoms with E-state index in [9.17, 15) is 9.90 Å². The molecule has 1 saturated heterocycles. The molecule has 3 aliphatic rings. The van der Waals surface area contributed by atoms with Gasteiger partial charge in [-0.2, -0.15) is 0 Å². The summed E-state index contributed by atoms with van der Waals surface area (Å²) >= 11 is 0. The minimum atomic E-state index is -0.854. The van der Waals surface area contributed by atoms with Crippen LogP contribution in [-0.2, 0) is 16.8 Å². The maximum absolute atomic E-state index is 12.8. The van der Waals surface area contributed by atoms with E-state index in [0.29, 0.717) is 18.4 Å². The number of aliphatic imine (C=N–C) groups is 1. The highest BCUT2D eigenvalue weighted by molar-refractivity contribution is 5.81. The van der Waals surface area contributed by atoms with Gasteiger partial charge < -0.3 is 20.6 Å². The van der Waals surface area contributed by atoms with Crippen LogP contribution in [0.5, 0.6) is 0 Å². The van der Waals surface area contributed by atoms with Gasteiger partial charge in [0.2, 0.25) is 5.91 Å². The Morgan fingerprint density at radius 3 is 2.83 bits per heavy atom. The van der Waals surface area contributed by atoms with Crippen molar-refractivity contribution in [2.24, 2.45) is 10.9 Å². The van der Waals surface area contributed by atoms with Crippen LogP contribution in [-0.4, -0.2) is 54.6 Å². The van der Waals surface area contributed by atoms with E-state index in [2.05, 4.69) is 21.7 Å². The predicted molar refractivity (Wildman–Crippen MR) is 115 cm³/mol. The number of likely N-dealkylation sites (tertiary alicyclic amines) is 1. The van der Waals surface area contributed by atoms with Gasteiger partial charge in [-0.25, -0.2) is 0 Å². The van der Waals surface area contributed by atoms with Gasteiger partial charge in [0.1, 0.15) is 5.60 Å². The molecule has 0 aromatic heterocycles. The number of hydrogen-bond acceptors (Lipinski definition) is 3. The van der Waals surface area contributed by atoms with Crippen molar-refractivity contribution >= 4 is 11.9 Å². The molecule has 2 fully saturated rings. The summed E-state index contributed by atoms with van der Waals surface area (Å²) in [7, 11) is 1.75. The number of aryl methyl sites for hydroxylation is 1. The highest BCUT2D eigenvalue weighted by Gasteiger charge is 2.37. The molecule has 0 radical (unpaired) electrons. The number of hydrogen-bond donors (Lipinski definition) is 3. The fraction of sp³-hybridized carbons (Fsp3) is 0.652. The zero-order valence-corrected chi connectivity index (χ0v) is 17.5.